The Bertz CT molecular complexity index is 457. The van der Waals surface area contributed by atoms with Crippen molar-refractivity contribution in [2.24, 2.45) is 5.92 Å². The second kappa shape index (κ2) is 7.37. The number of hydrogen-bond donors (Lipinski definition) is 0. The number of nitro benzene ring substituents is 1. The Hall–Kier alpha value is -1.24. The summed E-state index contributed by atoms with van der Waals surface area (Å²) >= 11 is 3.32. The number of ether oxygens (including phenoxy) is 1. The van der Waals surface area contributed by atoms with Gasteiger partial charge in [0.2, 0.25) is 5.82 Å². The Kier molecular flexibility index (Phi) is 6.14. The van der Waals surface area contributed by atoms with Gasteiger partial charge in [-0.3, -0.25) is 10.1 Å². The number of nitrogens with zero attached hydrogens (tertiary/aromatic N) is 1. The summed E-state index contributed by atoms with van der Waals surface area (Å²) in [6.07, 6.45) is 1.66. The fraction of sp³-hybridized carbons (Fsp3) is 0.500. The molecule has 0 bridgehead atoms. The van der Waals surface area contributed by atoms with E-state index in [1.807, 2.05) is 6.92 Å². The topological polar surface area (TPSA) is 52.4 Å². The van der Waals surface area contributed by atoms with Crippen molar-refractivity contribution in [2.45, 2.75) is 19.8 Å². The molecule has 0 aliphatic heterocycles. The molecule has 1 unspecified atom stereocenters. The minimum atomic E-state index is -1.10. The quantitative estimate of drug-likeness (QED) is 0.428. The van der Waals surface area contributed by atoms with Crippen LogP contribution < -0.4 is 4.74 Å². The van der Waals surface area contributed by atoms with E-state index in [1.54, 1.807) is 0 Å². The van der Waals surface area contributed by atoms with Gasteiger partial charge in [0.1, 0.15) is 0 Å². The Morgan fingerprint density at radius 2 is 2.05 bits per heavy atom. The van der Waals surface area contributed by atoms with Gasteiger partial charge in [-0.25, -0.2) is 4.39 Å². The molecule has 1 aromatic rings. The normalized spacial score (nSPS) is 12.2. The summed E-state index contributed by atoms with van der Waals surface area (Å²) in [5.41, 5.74) is -0.891. The van der Waals surface area contributed by atoms with Crippen LogP contribution in [0.3, 0.4) is 0 Å². The van der Waals surface area contributed by atoms with Crippen LogP contribution in [0.25, 0.3) is 0 Å². The van der Waals surface area contributed by atoms with Crippen LogP contribution in [0.4, 0.5) is 14.5 Å². The molecule has 0 aromatic heterocycles. The first-order chi connectivity index (χ1) is 8.95. The van der Waals surface area contributed by atoms with Crippen LogP contribution in [0.2, 0.25) is 0 Å². The predicted molar refractivity (Wildman–Crippen MR) is 70.7 cm³/mol. The van der Waals surface area contributed by atoms with Crippen molar-refractivity contribution in [1.82, 2.24) is 0 Å². The fourth-order valence-electron chi connectivity index (χ4n) is 1.47. The number of rotatable bonds is 7. The first-order valence-electron chi connectivity index (χ1n) is 5.78. The number of halogens is 3. The second-order valence-electron chi connectivity index (χ2n) is 4.21. The van der Waals surface area contributed by atoms with Gasteiger partial charge < -0.3 is 4.74 Å². The van der Waals surface area contributed by atoms with Crippen LogP contribution in [0, 0.1) is 27.7 Å². The Morgan fingerprint density at radius 1 is 1.37 bits per heavy atom. The molecule has 0 aliphatic carbocycles. The lowest BCUT2D eigenvalue weighted by atomic mass is 10.1. The zero-order valence-electron chi connectivity index (χ0n) is 10.4. The summed E-state index contributed by atoms with van der Waals surface area (Å²) < 4.78 is 31.9. The summed E-state index contributed by atoms with van der Waals surface area (Å²) in [7, 11) is 0. The Balaban J connectivity index is 2.65. The van der Waals surface area contributed by atoms with Crippen molar-refractivity contribution in [3.63, 3.8) is 0 Å². The van der Waals surface area contributed by atoms with Gasteiger partial charge in [0.25, 0.3) is 0 Å². The molecule has 0 aliphatic rings. The van der Waals surface area contributed by atoms with Gasteiger partial charge in [0, 0.05) is 11.4 Å². The van der Waals surface area contributed by atoms with Crippen molar-refractivity contribution in [3.8, 4) is 5.75 Å². The van der Waals surface area contributed by atoms with Crippen molar-refractivity contribution < 1.29 is 18.4 Å². The summed E-state index contributed by atoms with van der Waals surface area (Å²) in [4.78, 5) is 9.44. The van der Waals surface area contributed by atoms with E-state index in [9.17, 15) is 18.9 Å². The SMILES string of the molecule is CC(CCBr)CCOc1cc(F)c([N+](=O)[O-])cc1F. The highest BCUT2D eigenvalue weighted by Gasteiger charge is 2.19. The summed E-state index contributed by atoms with van der Waals surface area (Å²) in [5.74, 6) is -1.93. The smallest absolute Gasteiger partial charge is 0.307 e. The van der Waals surface area contributed by atoms with Gasteiger partial charge in [0.15, 0.2) is 11.6 Å². The largest absolute Gasteiger partial charge is 0.490 e. The maximum atomic E-state index is 13.5. The summed E-state index contributed by atoms with van der Waals surface area (Å²) in [6.45, 7) is 2.26. The molecule has 0 radical (unpaired) electrons. The van der Waals surface area contributed by atoms with E-state index in [1.165, 1.54) is 0 Å². The minimum Gasteiger partial charge on any atom is -0.490 e. The van der Waals surface area contributed by atoms with Crippen LogP contribution in [0.15, 0.2) is 12.1 Å². The third kappa shape index (κ3) is 4.74. The molecule has 0 saturated carbocycles. The first-order valence-corrected chi connectivity index (χ1v) is 6.90. The molecule has 106 valence electrons. The van der Waals surface area contributed by atoms with E-state index >= 15 is 0 Å². The van der Waals surface area contributed by atoms with Crippen LogP contribution >= 0.6 is 15.9 Å². The molecule has 0 saturated heterocycles. The molecule has 0 heterocycles. The standard InChI is InChI=1S/C12H14BrF2NO3/c1-8(2-4-13)3-5-19-12-7-9(14)11(16(17)18)6-10(12)15/h6-8H,2-5H2,1H3. The van der Waals surface area contributed by atoms with Gasteiger partial charge in [-0.05, 0) is 18.8 Å². The third-order valence-corrected chi connectivity index (χ3v) is 3.13. The highest BCUT2D eigenvalue weighted by molar-refractivity contribution is 9.09. The molecule has 1 atom stereocenters. The van der Waals surface area contributed by atoms with E-state index in [4.69, 9.17) is 4.74 Å². The lowest BCUT2D eigenvalue weighted by molar-refractivity contribution is -0.387. The lowest BCUT2D eigenvalue weighted by Gasteiger charge is -2.11. The monoisotopic (exact) mass is 337 g/mol. The van der Waals surface area contributed by atoms with Crippen LogP contribution in [0.5, 0.6) is 5.75 Å². The molecule has 4 nitrogen and oxygen atoms in total. The zero-order chi connectivity index (χ0) is 14.4. The van der Waals surface area contributed by atoms with Gasteiger partial charge in [-0.2, -0.15) is 4.39 Å². The van der Waals surface area contributed by atoms with Crippen LogP contribution in [-0.4, -0.2) is 16.9 Å². The van der Waals surface area contributed by atoms with E-state index in [0.29, 0.717) is 24.5 Å². The van der Waals surface area contributed by atoms with E-state index < -0.39 is 22.2 Å². The third-order valence-electron chi connectivity index (χ3n) is 2.67. The molecule has 0 N–H and O–H groups in total. The second-order valence-corrected chi connectivity index (χ2v) is 5.00. The van der Waals surface area contributed by atoms with Crippen molar-refractivity contribution >= 4 is 21.6 Å². The minimum absolute atomic E-state index is 0.238. The highest BCUT2D eigenvalue weighted by Crippen LogP contribution is 2.26. The molecule has 0 fully saturated rings. The van der Waals surface area contributed by atoms with Gasteiger partial charge in [-0.15, -0.1) is 0 Å². The van der Waals surface area contributed by atoms with Crippen LogP contribution in [0.1, 0.15) is 19.8 Å². The van der Waals surface area contributed by atoms with Crippen molar-refractivity contribution in [2.75, 3.05) is 11.9 Å². The predicted octanol–water partition coefficient (Wildman–Crippen LogP) is 4.06. The average molecular weight is 338 g/mol. The highest BCUT2D eigenvalue weighted by atomic mass is 79.9. The average Bonchev–Trinajstić information content (AvgIpc) is 2.33. The first kappa shape index (κ1) is 15.8. The van der Waals surface area contributed by atoms with E-state index in [2.05, 4.69) is 15.9 Å². The van der Waals surface area contributed by atoms with Gasteiger partial charge in [-0.1, -0.05) is 22.9 Å². The molecule has 7 heteroatoms. The van der Waals surface area contributed by atoms with E-state index in [-0.39, 0.29) is 12.4 Å². The molecular formula is C12H14BrF2NO3. The van der Waals surface area contributed by atoms with Gasteiger partial charge >= 0.3 is 5.69 Å². The number of benzene rings is 1. The molecule has 0 amide bonds. The lowest BCUT2D eigenvalue weighted by Crippen LogP contribution is -2.06. The van der Waals surface area contributed by atoms with E-state index in [0.717, 1.165) is 11.8 Å². The van der Waals surface area contributed by atoms with Crippen molar-refractivity contribution in [1.29, 1.82) is 0 Å². The molecule has 1 rings (SSSR count). The summed E-state index contributed by atoms with van der Waals surface area (Å²) in [5, 5.41) is 11.3. The maximum Gasteiger partial charge on any atom is 0.307 e. The van der Waals surface area contributed by atoms with Crippen molar-refractivity contribution in [3.05, 3.63) is 33.9 Å². The molecular weight excluding hydrogens is 324 g/mol. The molecule has 19 heavy (non-hydrogen) atoms. The molecule has 1 aromatic carbocycles. The Labute approximate surface area is 118 Å². The fourth-order valence-corrected chi connectivity index (χ4v) is 2.25. The molecule has 0 spiro atoms. The maximum absolute atomic E-state index is 13.5. The summed E-state index contributed by atoms with van der Waals surface area (Å²) in [6, 6.07) is 1.25. The zero-order valence-corrected chi connectivity index (χ0v) is 12.0. The van der Waals surface area contributed by atoms with Crippen LogP contribution in [-0.2, 0) is 0 Å². The number of hydrogen-bond acceptors (Lipinski definition) is 3. The Morgan fingerprint density at radius 3 is 2.63 bits per heavy atom. The number of nitro groups is 1. The number of alkyl halides is 1. The van der Waals surface area contributed by atoms with Gasteiger partial charge in [0.05, 0.1) is 17.6 Å².